The fraction of sp³-hybridized carbons (Fsp3) is 0.409. The molecule has 0 bridgehead atoms. The van der Waals surface area contributed by atoms with E-state index < -0.39 is 48.5 Å². The minimum atomic E-state index is -4.59. The van der Waals surface area contributed by atoms with Crippen molar-refractivity contribution in [2.45, 2.75) is 38.4 Å². The first-order valence-corrected chi connectivity index (χ1v) is 10.7. The molecule has 1 saturated heterocycles. The zero-order chi connectivity index (χ0) is 25.4. The lowest BCUT2D eigenvalue weighted by molar-refractivity contribution is -0.138. The summed E-state index contributed by atoms with van der Waals surface area (Å²) >= 11 is 0. The fourth-order valence-corrected chi connectivity index (χ4v) is 4.02. The summed E-state index contributed by atoms with van der Waals surface area (Å²) in [6.07, 6.45) is -2.33. The van der Waals surface area contributed by atoms with Crippen LogP contribution in [0.3, 0.4) is 0 Å². The van der Waals surface area contributed by atoms with Crippen LogP contribution in [0.1, 0.15) is 35.3 Å². The second kappa shape index (κ2) is 9.19. The van der Waals surface area contributed by atoms with Crippen LogP contribution in [-0.4, -0.2) is 55.8 Å². The van der Waals surface area contributed by atoms with Gasteiger partial charge in [-0.25, -0.2) is 23.7 Å². The van der Waals surface area contributed by atoms with Crippen molar-refractivity contribution in [1.82, 2.24) is 24.8 Å². The number of nitrogens with one attached hydrogen (secondary N) is 1. The van der Waals surface area contributed by atoms with E-state index in [0.29, 0.717) is 18.1 Å². The third-order valence-corrected chi connectivity index (χ3v) is 5.62. The van der Waals surface area contributed by atoms with Crippen molar-refractivity contribution < 1.29 is 31.2 Å². The lowest BCUT2D eigenvalue weighted by Crippen LogP contribution is -2.57. The van der Waals surface area contributed by atoms with E-state index in [1.807, 2.05) is 0 Å². The number of carbonyl (C=O) groups is 1. The topological polar surface area (TPSA) is 97.0 Å². The number of hydrogen-bond acceptors (Lipinski definition) is 7. The molecule has 0 aliphatic carbocycles. The Morgan fingerprint density at radius 2 is 1.94 bits per heavy atom. The number of aromatic nitrogens is 4. The first-order valence-electron chi connectivity index (χ1n) is 10.7. The highest BCUT2D eigenvalue weighted by atomic mass is 19.4. The predicted molar refractivity (Wildman–Crippen MR) is 114 cm³/mol. The second-order valence-electron chi connectivity index (χ2n) is 8.34. The van der Waals surface area contributed by atoms with E-state index >= 15 is 0 Å². The van der Waals surface area contributed by atoms with E-state index in [1.165, 1.54) is 13.1 Å². The number of anilines is 1. The number of likely N-dealkylation sites (tertiary alicyclic amines) is 1. The van der Waals surface area contributed by atoms with Crippen LogP contribution in [0.25, 0.3) is 11.5 Å². The van der Waals surface area contributed by atoms with Gasteiger partial charge in [-0.2, -0.15) is 13.2 Å². The molecule has 1 fully saturated rings. The summed E-state index contributed by atoms with van der Waals surface area (Å²) in [5.74, 6) is -4.46. The summed E-state index contributed by atoms with van der Waals surface area (Å²) in [7, 11) is 0. The van der Waals surface area contributed by atoms with Gasteiger partial charge >= 0.3 is 6.18 Å². The normalized spacial score (nSPS) is 20.0. The van der Waals surface area contributed by atoms with Gasteiger partial charge in [-0.05, 0) is 18.1 Å². The third-order valence-electron chi connectivity index (χ3n) is 5.62. The summed E-state index contributed by atoms with van der Waals surface area (Å²) in [4.78, 5) is 30.0. The van der Waals surface area contributed by atoms with Gasteiger partial charge in [-0.15, -0.1) is 0 Å². The van der Waals surface area contributed by atoms with Crippen molar-refractivity contribution in [1.29, 1.82) is 0 Å². The Morgan fingerprint density at radius 3 is 2.57 bits per heavy atom. The smallest absolute Gasteiger partial charge is 0.419 e. The van der Waals surface area contributed by atoms with Gasteiger partial charge in [-0.3, -0.25) is 9.78 Å². The number of halogens is 5. The molecular weight excluding hydrogens is 475 g/mol. The maximum absolute atomic E-state index is 14.5. The van der Waals surface area contributed by atoms with Crippen LogP contribution < -0.4 is 5.32 Å². The number of piperidine rings is 1. The summed E-state index contributed by atoms with van der Waals surface area (Å²) in [6.45, 7) is 2.17. The van der Waals surface area contributed by atoms with Gasteiger partial charge in [0.1, 0.15) is 5.69 Å². The van der Waals surface area contributed by atoms with Crippen molar-refractivity contribution in [3.63, 3.8) is 0 Å². The SMILES string of the molecule is Cc1nc(C(=O)N2CC(F)(F)C[C@@H](C)[C@H]2CNc2ncc(C(F)(F)F)cn2)c(-c2ccccn2)o1. The lowest BCUT2D eigenvalue weighted by atomic mass is 9.88. The average molecular weight is 496 g/mol. The maximum atomic E-state index is 14.5. The zero-order valence-corrected chi connectivity index (χ0v) is 18.7. The average Bonchev–Trinajstić information content (AvgIpc) is 3.19. The van der Waals surface area contributed by atoms with Crippen LogP contribution in [0.4, 0.5) is 27.9 Å². The van der Waals surface area contributed by atoms with E-state index in [0.717, 1.165) is 4.90 Å². The van der Waals surface area contributed by atoms with Gasteiger partial charge in [-0.1, -0.05) is 13.0 Å². The molecule has 4 rings (SSSR count). The molecule has 0 spiro atoms. The molecule has 1 aliphatic rings. The van der Waals surface area contributed by atoms with Gasteiger partial charge in [0.2, 0.25) is 5.95 Å². The van der Waals surface area contributed by atoms with E-state index in [4.69, 9.17) is 4.42 Å². The number of alkyl halides is 5. The Balaban J connectivity index is 1.60. The van der Waals surface area contributed by atoms with Crippen LogP contribution in [0.5, 0.6) is 0 Å². The number of nitrogens with zero attached hydrogens (tertiary/aromatic N) is 5. The second-order valence-corrected chi connectivity index (χ2v) is 8.34. The lowest BCUT2D eigenvalue weighted by Gasteiger charge is -2.43. The summed E-state index contributed by atoms with van der Waals surface area (Å²) in [5, 5.41) is 2.75. The van der Waals surface area contributed by atoms with Gasteiger partial charge in [0.25, 0.3) is 11.8 Å². The Labute approximate surface area is 196 Å². The molecule has 1 N–H and O–H groups in total. The van der Waals surface area contributed by atoms with Crippen LogP contribution in [0, 0.1) is 12.8 Å². The van der Waals surface area contributed by atoms with Crippen LogP contribution in [-0.2, 0) is 6.18 Å². The molecule has 0 unspecified atom stereocenters. The first-order chi connectivity index (χ1) is 16.4. The fourth-order valence-electron chi connectivity index (χ4n) is 4.02. The molecule has 0 aromatic carbocycles. The van der Waals surface area contributed by atoms with Crippen molar-refractivity contribution in [3.05, 3.63) is 53.9 Å². The number of aryl methyl sites for hydroxylation is 1. The predicted octanol–water partition coefficient (Wildman–Crippen LogP) is 4.45. The Kier molecular flexibility index (Phi) is 6.43. The third kappa shape index (κ3) is 5.38. The molecule has 0 radical (unpaired) electrons. The van der Waals surface area contributed by atoms with Crippen LogP contribution in [0.15, 0.2) is 41.2 Å². The molecule has 3 aromatic rings. The number of oxazole rings is 1. The molecule has 13 heteroatoms. The standard InChI is InChI=1S/C22H21F5N6O2/c1-12-7-21(23,24)11-33(16(12)10-31-20-29-8-14(9-30-20)22(25,26)27)19(34)17-18(35-13(2)32-17)15-5-3-4-6-28-15/h3-6,8-9,12,16H,7,10-11H2,1-2H3,(H,29,30,31)/t12-,16-/m1/s1. The molecule has 3 aromatic heterocycles. The van der Waals surface area contributed by atoms with Crippen molar-refractivity contribution in [3.8, 4) is 11.5 Å². The quantitative estimate of drug-likeness (QED) is 0.521. The van der Waals surface area contributed by atoms with Gasteiger partial charge in [0.15, 0.2) is 17.3 Å². The highest BCUT2D eigenvalue weighted by Crippen LogP contribution is 2.36. The van der Waals surface area contributed by atoms with Crippen molar-refractivity contribution >= 4 is 11.9 Å². The first kappa shape index (κ1) is 24.5. The largest absolute Gasteiger partial charge is 0.438 e. The number of rotatable bonds is 5. The molecule has 1 aliphatic heterocycles. The highest BCUT2D eigenvalue weighted by Gasteiger charge is 2.47. The Hall–Kier alpha value is -3.64. The minimum absolute atomic E-state index is 0.0624. The monoisotopic (exact) mass is 496 g/mol. The molecule has 8 nitrogen and oxygen atoms in total. The Morgan fingerprint density at radius 1 is 1.23 bits per heavy atom. The summed E-state index contributed by atoms with van der Waals surface area (Å²) in [5.41, 5.74) is -0.850. The molecule has 35 heavy (non-hydrogen) atoms. The van der Waals surface area contributed by atoms with Gasteiger partial charge < -0.3 is 14.6 Å². The highest BCUT2D eigenvalue weighted by molar-refractivity contribution is 5.97. The molecule has 1 amide bonds. The molecular formula is C22H21F5N6O2. The molecule has 0 saturated carbocycles. The van der Waals surface area contributed by atoms with Crippen molar-refractivity contribution in [2.75, 3.05) is 18.4 Å². The molecule has 2 atom stereocenters. The molecule has 4 heterocycles. The number of amides is 1. The zero-order valence-electron chi connectivity index (χ0n) is 18.7. The summed E-state index contributed by atoms with van der Waals surface area (Å²) < 4.78 is 72.8. The number of pyridine rings is 1. The Bertz CT molecular complexity index is 1180. The minimum Gasteiger partial charge on any atom is -0.438 e. The van der Waals surface area contributed by atoms with E-state index in [2.05, 4.69) is 25.3 Å². The van der Waals surface area contributed by atoms with Gasteiger partial charge in [0.05, 0.1) is 18.2 Å². The van der Waals surface area contributed by atoms with E-state index in [1.54, 1.807) is 25.1 Å². The van der Waals surface area contributed by atoms with Crippen LogP contribution >= 0.6 is 0 Å². The van der Waals surface area contributed by atoms with E-state index in [-0.39, 0.29) is 29.8 Å². The van der Waals surface area contributed by atoms with Crippen LogP contribution in [0.2, 0.25) is 0 Å². The van der Waals surface area contributed by atoms with Crippen molar-refractivity contribution in [2.24, 2.45) is 5.92 Å². The maximum Gasteiger partial charge on any atom is 0.419 e. The number of hydrogen-bond donors (Lipinski definition) is 1. The summed E-state index contributed by atoms with van der Waals surface area (Å²) in [6, 6.07) is 4.21. The number of carbonyl (C=O) groups excluding carboxylic acids is 1. The molecule has 186 valence electrons. The van der Waals surface area contributed by atoms with Gasteiger partial charge in [0, 0.05) is 38.5 Å². The van der Waals surface area contributed by atoms with E-state index in [9.17, 15) is 26.7 Å².